The van der Waals surface area contributed by atoms with Gasteiger partial charge in [0.2, 0.25) is 0 Å². The maximum Gasteiger partial charge on any atom is 0.250 e. The highest BCUT2D eigenvalue weighted by molar-refractivity contribution is 6.03. The molecule has 140 valence electrons. The van der Waals surface area contributed by atoms with E-state index in [1.165, 1.54) is 14.2 Å². The van der Waals surface area contributed by atoms with Crippen LogP contribution >= 0.6 is 0 Å². The number of ether oxygens (including phenoxy) is 3. The fourth-order valence-electron chi connectivity index (χ4n) is 3.10. The van der Waals surface area contributed by atoms with Crippen molar-refractivity contribution >= 4 is 22.5 Å². The Bertz CT molecular complexity index is 1050. The van der Waals surface area contributed by atoms with Gasteiger partial charge in [0.05, 0.1) is 38.1 Å². The van der Waals surface area contributed by atoms with E-state index in [0.717, 1.165) is 10.9 Å². The number of nitrogens with two attached hydrogens (primary N) is 2. The lowest BCUT2D eigenvalue weighted by Crippen LogP contribution is -2.14. The molecule has 0 unspecified atom stereocenters. The number of nitrogen functional groups attached to an aromatic ring is 1. The van der Waals surface area contributed by atoms with E-state index in [2.05, 4.69) is 4.98 Å². The van der Waals surface area contributed by atoms with Crippen molar-refractivity contribution in [2.75, 3.05) is 27.1 Å². The second kappa shape index (κ2) is 7.03. The van der Waals surface area contributed by atoms with Gasteiger partial charge >= 0.3 is 0 Å². The van der Waals surface area contributed by atoms with Gasteiger partial charge in [0.1, 0.15) is 22.9 Å². The Morgan fingerprint density at radius 3 is 2.37 bits per heavy atom. The van der Waals surface area contributed by atoms with Gasteiger partial charge in [0, 0.05) is 22.6 Å². The van der Waals surface area contributed by atoms with E-state index in [1.807, 2.05) is 13.0 Å². The van der Waals surface area contributed by atoms with Crippen molar-refractivity contribution in [1.29, 1.82) is 0 Å². The molecule has 1 aromatic heterocycles. The minimum absolute atomic E-state index is 0.296. The molecule has 27 heavy (non-hydrogen) atoms. The lowest BCUT2D eigenvalue weighted by Gasteiger charge is -2.17. The Morgan fingerprint density at radius 1 is 1.04 bits per heavy atom. The highest BCUT2D eigenvalue weighted by atomic mass is 16.5. The quantitative estimate of drug-likeness (QED) is 0.671. The van der Waals surface area contributed by atoms with Crippen LogP contribution in [-0.4, -0.2) is 32.2 Å². The minimum atomic E-state index is -0.579. The zero-order valence-corrected chi connectivity index (χ0v) is 15.6. The Kier molecular flexibility index (Phi) is 4.77. The van der Waals surface area contributed by atoms with E-state index < -0.39 is 5.91 Å². The van der Waals surface area contributed by atoms with Crippen LogP contribution in [0.3, 0.4) is 0 Å². The molecule has 2 aromatic carbocycles. The van der Waals surface area contributed by atoms with Gasteiger partial charge in [0.25, 0.3) is 5.91 Å². The first-order valence-corrected chi connectivity index (χ1v) is 8.21. The van der Waals surface area contributed by atoms with Crippen LogP contribution in [0.1, 0.15) is 15.9 Å². The van der Waals surface area contributed by atoms with Gasteiger partial charge in [-0.3, -0.25) is 4.79 Å². The second-order valence-electron chi connectivity index (χ2n) is 6.01. The van der Waals surface area contributed by atoms with Gasteiger partial charge < -0.3 is 25.7 Å². The standard InChI is InChI=1S/C20H21N3O4/c1-10-13(9-16(26-3)17(21)19(10)27-4)18-14(20(22)24)7-11-5-6-12(25-2)8-15(11)23-18/h5-9H,21H2,1-4H3,(H2,22,24). The second-order valence-corrected chi connectivity index (χ2v) is 6.01. The van der Waals surface area contributed by atoms with E-state index >= 15 is 0 Å². The van der Waals surface area contributed by atoms with E-state index in [0.29, 0.717) is 45.3 Å². The monoisotopic (exact) mass is 367 g/mol. The molecule has 7 nitrogen and oxygen atoms in total. The summed E-state index contributed by atoms with van der Waals surface area (Å²) in [5, 5.41) is 0.778. The summed E-state index contributed by atoms with van der Waals surface area (Å²) in [4.78, 5) is 16.8. The number of fused-ring (bicyclic) bond motifs is 1. The minimum Gasteiger partial charge on any atom is -0.497 e. The third kappa shape index (κ3) is 3.08. The predicted octanol–water partition coefficient (Wildman–Crippen LogP) is 2.92. The molecule has 3 rings (SSSR count). The Labute approximate surface area is 156 Å². The molecule has 1 heterocycles. The number of hydrogen-bond donors (Lipinski definition) is 2. The number of rotatable bonds is 5. The Morgan fingerprint density at radius 2 is 1.78 bits per heavy atom. The average molecular weight is 367 g/mol. The summed E-state index contributed by atoms with van der Waals surface area (Å²) in [5.41, 5.74) is 14.9. The van der Waals surface area contributed by atoms with Crippen molar-refractivity contribution < 1.29 is 19.0 Å². The highest BCUT2D eigenvalue weighted by Gasteiger charge is 2.21. The third-order valence-corrected chi connectivity index (χ3v) is 4.50. The molecule has 4 N–H and O–H groups in total. The zero-order valence-electron chi connectivity index (χ0n) is 15.6. The van der Waals surface area contributed by atoms with Gasteiger partial charge in [-0.05, 0) is 31.2 Å². The van der Waals surface area contributed by atoms with E-state index in [1.54, 1.807) is 31.4 Å². The lowest BCUT2D eigenvalue weighted by molar-refractivity contribution is 0.100. The van der Waals surface area contributed by atoms with Crippen LogP contribution < -0.4 is 25.7 Å². The molecule has 0 aliphatic heterocycles. The predicted molar refractivity (Wildman–Crippen MR) is 105 cm³/mol. The molecular weight excluding hydrogens is 346 g/mol. The molecule has 0 fully saturated rings. The van der Waals surface area contributed by atoms with Crippen LogP contribution in [0.4, 0.5) is 5.69 Å². The smallest absolute Gasteiger partial charge is 0.250 e. The fraction of sp³-hybridized carbons (Fsp3) is 0.200. The molecule has 0 radical (unpaired) electrons. The first-order chi connectivity index (χ1) is 12.9. The molecule has 0 atom stereocenters. The number of methoxy groups -OCH3 is 3. The Hall–Kier alpha value is -3.48. The maximum atomic E-state index is 12.1. The van der Waals surface area contributed by atoms with Crippen molar-refractivity contribution in [3.8, 4) is 28.5 Å². The average Bonchev–Trinajstić information content (AvgIpc) is 2.67. The number of benzene rings is 2. The number of primary amides is 1. The van der Waals surface area contributed by atoms with E-state index in [-0.39, 0.29) is 0 Å². The summed E-state index contributed by atoms with van der Waals surface area (Å²) in [7, 11) is 4.62. The van der Waals surface area contributed by atoms with Gasteiger partial charge in [-0.1, -0.05) is 0 Å². The summed E-state index contributed by atoms with van der Waals surface area (Å²) in [6.07, 6.45) is 0. The fourth-order valence-corrected chi connectivity index (χ4v) is 3.10. The number of amides is 1. The van der Waals surface area contributed by atoms with E-state index in [9.17, 15) is 4.79 Å². The van der Waals surface area contributed by atoms with E-state index in [4.69, 9.17) is 25.7 Å². The summed E-state index contributed by atoms with van der Waals surface area (Å²) in [5.74, 6) is 0.976. The molecule has 0 saturated carbocycles. The van der Waals surface area contributed by atoms with Crippen LogP contribution in [-0.2, 0) is 0 Å². The highest BCUT2D eigenvalue weighted by Crippen LogP contribution is 2.42. The van der Waals surface area contributed by atoms with Crippen LogP contribution in [0.2, 0.25) is 0 Å². The van der Waals surface area contributed by atoms with Gasteiger partial charge in [-0.25, -0.2) is 4.98 Å². The molecule has 0 spiro atoms. The number of carbonyl (C=O) groups excluding carboxylic acids is 1. The first kappa shape index (κ1) is 18.3. The molecule has 3 aromatic rings. The van der Waals surface area contributed by atoms with Crippen molar-refractivity contribution in [2.24, 2.45) is 5.73 Å². The zero-order chi connectivity index (χ0) is 19.7. The van der Waals surface area contributed by atoms with Crippen LogP contribution in [0, 0.1) is 6.92 Å². The summed E-state index contributed by atoms with van der Waals surface area (Å²) in [6, 6.07) is 8.87. The summed E-state index contributed by atoms with van der Waals surface area (Å²) in [6.45, 7) is 1.84. The van der Waals surface area contributed by atoms with Crippen molar-refractivity contribution in [1.82, 2.24) is 4.98 Å². The van der Waals surface area contributed by atoms with Gasteiger partial charge in [-0.2, -0.15) is 0 Å². The molecule has 7 heteroatoms. The SMILES string of the molecule is COc1ccc2cc(C(N)=O)c(-c3cc(OC)c(N)c(OC)c3C)nc2c1. The van der Waals surface area contributed by atoms with Crippen molar-refractivity contribution in [2.45, 2.75) is 6.92 Å². The lowest BCUT2D eigenvalue weighted by atomic mass is 9.97. The van der Waals surface area contributed by atoms with Crippen LogP contribution in [0.5, 0.6) is 17.2 Å². The molecular formula is C20H21N3O4. The Balaban J connectivity index is 2.38. The largest absolute Gasteiger partial charge is 0.497 e. The van der Waals surface area contributed by atoms with Gasteiger partial charge in [0.15, 0.2) is 0 Å². The number of anilines is 1. The molecule has 0 aliphatic carbocycles. The number of hydrogen-bond acceptors (Lipinski definition) is 6. The normalized spacial score (nSPS) is 10.7. The van der Waals surface area contributed by atoms with Crippen molar-refractivity contribution in [3.63, 3.8) is 0 Å². The molecule has 1 amide bonds. The third-order valence-electron chi connectivity index (χ3n) is 4.50. The number of carbonyl (C=O) groups is 1. The molecule has 0 bridgehead atoms. The van der Waals surface area contributed by atoms with Crippen LogP contribution in [0.15, 0.2) is 30.3 Å². The molecule has 0 aliphatic rings. The van der Waals surface area contributed by atoms with Crippen molar-refractivity contribution in [3.05, 3.63) is 41.5 Å². The van der Waals surface area contributed by atoms with Gasteiger partial charge in [-0.15, -0.1) is 0 Å². The molecule has 0 saturated heterocycles. The number of aromatic nitrogens is 1. The summed E-state index contributed by atoms with van der Waals surface area (Å²) < 4.78 is 16.1. The maximum absolute atomic E-state index is 12.1. The first-order valence-electron chi connectivity index (χ1n) is 8.21. The topological polar surface area (TPSA) is 110 Å². The summed E-state index contributed by atoms with van der Waals surface area (Å²) >= 11 is 0. The number of pyridine rings is 1. The van der Waals surface area contributed by atoms with Crippen LogP contribution in [0.25, 0.3) is 22.2 Å². The number of nitrogens with zero attached hydrogens (tertiary/aromatic N) is 1.